The first-order valence-electron chi connectivity index (χ1n) is 6.14. The summed E-state index contributed by atoms with van der Waals surface area (Å²) < 4.78 is 1.94. The predicted molar refractivity (Wildman–Crippen MR) is 65.5 cm³/mol. The Morgan fingerprint density at radius 2 is 2.12 bits per heavy atom. The SMILES string of the molecule is CN(Cc1nccn1C)C(=O)N1CCCCC1. The van der Waals surface area contributed by atoms with Crippen LogP contribution in [0, 0.1) is 0 Å². The predicted octanol–water partition coefficient (Wildman–Crippen LogP) is 1.46. The summed E-state index contributed by atoms with van der Waals surface area (Å²) in [4.78, 5) is 20.1. The van der Waals surface area contributed by atoms with Gasteiger partial charge in [0.25, 0.3) is 0 Å². The highest BCUT2D eigenvalue weighted by atomic mass is 16.2. The van der Waals surface area contributed by atoms with Gasteiger partial charge in [0.2, 0.25) is 0 Å². The van der Waals surface area contributed by atoms with Gasteiger partial charge in [0.1, 0.15) is 5.82 Å². The number of amides is 2. The van der Waals surface area contributed by atoms with Crippen LogP contribution < -0.4 is 0 Å². The van der Waals surface area contributed by atoms with E-state index in [1.807, 2.05) is 29.8 Å². The number of nitrogens with zero attached hydrogens (tertiary/aromatic N) is 4. The van der Waals surface area contributed by atoms with E-state index in [0.29, 0.717) is 6.54 Å². The second kappa shape index (κ2) is 5.21. The number of urea groups is 1. The average molecular weight is 236 g/mol. The number of likely N-dealkylation sites (tertiary alicyclic amines) is 1. The summed E-state index contributed by atoms with van der Waals surface area (Å²) in [5, 5.41) is 0. The van der Waals surface area contributed by atoms with Crippen LogP contribution >= 0.6 is 0 Å². The molecule has 0 spiro atoms. The third-order valence-electron chi connectivity index (χ3n) is 3.25. The van der Waals surface area contributed by atoms with Crippen LogP contribution in [0.3, 0.4) is 0 Å². The molecule has 1 aromatic heterocycles. The molecular formula is C12H20N4O. The van der Waals surface area contributed by atoms with Gasteiger partial charge in [-0.3, -0.25) is 0 Å². The lowest BCUT2D eigenvalue weighted by molar-refractivity contribution is 0.149. The fourth-order valence-electron chi connectivity index (χ4n) is 2.16. The zero-order valence-electron chi connectivity index (χ0n) is 10.6. The number of rotatable bonds is 2. The molecule has 0 aliphatic carbocycles. The van der Waals surface area contributed by atoms with E-state index in [1.165, 1.54) is 6.42 Å². The molecule has 94 valence electrons. The lowest BCUT2D eigenvalue weighted by Gasteiger charge is -2.30. The highest BCUT2D eigenvalue weighted by Gasteiger charge is 2.20. The summed E-state index contributed by atoms with van der Waals surface area (Å²) in [5.41, 5.74) is 0. The van der Waals surface area contributed by atoms with Crippen molar-refractivity contribution < 1.29 is 4.79 Å². The van der Waals surface area contributed by atoms with Crippen molar-refractivity contribution in [1.29, 1.82) is 0 Å². The van der Waals surface area contributed by atoms with Gasteiger partial charge in [0.15, 0.2) is 0 Å². The maximum Gasteiger partial charge on any atom is 0.320 e. The molecule has 17 heavy (non-hydrogen) atoms. The van der Waals surface area contributed by atoms with Crippen LogP contribution in [0.25, 0.3) is 0 Å². The van der Waals surface area contributed by atoms with Crippen LogP contribution in [0.5, 0.6) is 0 Å². The summed E-state index contributed by atoms with van der Waals surface area (Å²) >= 11 is 0. The Morgan fingerprint density at radius 1 is 1.41 bits per heavy atom. The number of piperidine rings is 1. The summed E-state index contributed by atoms with van der Waals surface area (Å²) in [6.45, 7) is 2.35. The molecule has 0 saturated carbocycles. The van der Waals surface area contributed by atoms with E-state index in [2.05, 4.69) is 4.98 Å². The Hall–Kier alpha value is -1.52. The molecule has 5 nitrogen and oxygen atoms in total. The van der Waals surface area contributed by atoms with E-state index < -0.39 is 0 Å². The Labute approximate surface area is 102 Å². The minimum atomic E-state index is 0.118. The molecule has 2 rings (SSSR count). The van der Waals surface area contributed by atoms with Gasteiger partial charge in [0, 0.05) is 39.6 Å². The molecule has 5 heteroatoms. The zero-order chi connectivity index (χ0) is 12.3. The second-order valence-electron chi connectivity index (χ2n) is 4.64. The quantitative estimate of drug-likeness (QED) is 0.780. The largest absolute Gasteiger partial charge is 0.337 e. The van der Waals surface area contributed by atoms with Crippen LogP contribution in [-0.2, 0) is 13.6 Å². The number of carbonyl (C=O) groups excluding carboxylic acids is 1. The number of aryl methyl sites for hydroxylation is 1. The second-order valence-corrected chi connectivity index (χ2v) is 4.64. The minimum Gasteiger partial charge on any atom is -0.337 e. The van der Waals surface area contributed by atoms with Crippen LogP contribution in [0.15, 0.2) is 12.4 Å². The van der Waals surface area contributed by atoms with E-state index in [1.54, 1.807) is 11.1 Å². The van der Waals surface area contributed by atoms with Crippen molar-refractivity contribution in [2.24, 2.45) is 7.05 Å². The lowest BCUT2D eigenvalue weighted by atomic mass is 10.1. The van der Waals surface area contributed by atoms with Crippen LogP contribution in [0.1, 0.15) is 25.1 Å². The smallest absolute Gasteiger partial charge is 0.320 e. The molecule has 1 saturated heterocycles. The average Bonchev–Trinajstić information content (AvgIpc) is 2.75. The molecule has 2 heterocycles. The standard InChI is InChI=1S/C12H20N4O/c1-14-9-6-13-11(14)10-15(2)12(17)16-7-4-3-5-8-16/h6,9H,3-5,7-8,10H2,1-2H3. The molecule has 1 fully saturated rings. The van der Waals surface area contributed by atoms with E-state index >= 15 is 0 Å². The van der Waals surface area contributed by atoms with Gasteiger partial charge in [-0.1, -0.05) is 0 Å². The van der Waals surface area contributed by atoms with Gasteiger partial charge < -0.3 is 14.4 Å². The van der Waals surface area contributed by atoms with E-state index in [4.69, 9.17) is 0 Å². The van der Waals surface area contributed by atoms with Crippen molar-refractivity contribution in [3.05, 3.63) is 18.2 Å². The molecule has 0 radical (unpaired) electrons. The molecule has 0 atom stereocenters. The highest BCUT2D eigenvalue weighted by Crippen LogP contribution is 2.11. The third-order valence-corrected chi connectivity index (χ3v) is 3.25. The molecule has 2 amide bonds. The number of aromatic nitrogens is 2. The van der Waals surface area contributed by atoms with Gasteiger partial charge in [-0.05, 0) is 19.3 Å². The van der Waals surface area contributed by atoms with Crippen molar-refractivity contribution in [1.82, 2.24) is 19.4 Å². The Kier molecular flexibility index (Phi) is 3.66. The molecule has 0 aromatic carbocycles. The number of carbonyl (C=O) groups is 1. The van der Waals surface area contributed by atoms with Gasteiger partial charge in [-0.2, -0.15) is 0 Å². The van der Waals surface area contributed by atoms with Gasteiger partial charge in [-0.25, -0.2) is 9.78 Å². The van der Waals surface area contributed by atoms with E-state index in [-0.39, 0.29) is 6.03 Å². The molecule has 0 bridgehead atoms. The first-order chi connectivity index (χ1) is 8.18. The molecule has 1 aliphatic heterocycles. The maximum absolute atomic E-state index is 12.2. The summed E-state index contributed by atoms with van der Waals surface area (Å²) in [6.07, 6.45) is 7.15. The van der Waals surface area contributed by atoms with Crippen molar-refractivity contribution in [2.45, 2.75) is 25.8 Å². The van der Waals surface area contributed by atoms with Crippen molar-refractivity contribution >= 4 is 6.03 Å². The Bertz CT molecular complexity index is 382. The van der Waals surface area contributed by atoms with Crippen LogP contribution in [0.2, 0.25) is 0 Å². The van der Waals surface area contributed by atoms with E-state index in [0.717, 1.165) is 31.8 Å². The molecule has 1 aliphatic rings. The van der Waals surface area contributed by atoms with Crippen molar-refractivity contribution in [3.63, 3.8) is 0 Å². The summed E-state index contributed by atoms with van der Waals surface area (Å²) in [7, 11) is 3.78. The monoisotopic (exact) mass is 236 g/mol. The molecule has 0 unspecified atom stereocenters. The fraction of sp³-hybridized carbons (Fsp3) is 0.667. The number of hydrogen-bond donors (Lipinski definition) is 0. The van der Waals surface area contributed by atoms with Gasteiger partial charge in [0.05, 0.1) is 6.54 Å². The molecule has 1 aromatic rings. The third kappa shape index (κ3) is 2.78. The Balaban J connectivity index is 1.93. The van der Waals surface area contributed by atoms with Crippen molar-refractivity contribution in [2.75, 3.05) is 20.1 Å². The first-order valence-corrected chi connectivity index (χ1v) is 6.14. The first kappa shape index (κ1) is 12.0. The fourth-order valence-corrected chi connectivity index (χ4v) is 2.16. The van der Waals surface area contributed by atoms with E-state index in [9.17, 15) is 4.79 Å². The maximum atomic E-state index is 12.2. The van der Waals surface area contributed by atoms with Gasteiger partial charge >= 0.3 is 6.03 Å². The number of hydrogen-bond acceptors (Lipinski definition) is 2. The van der Waals surface area contributed by atoms with Crippen molar-refractivity contribution in [3.8, 4) is 0 Å². The minimum absolute atomic E-state index is 0.118. The normalized spacial score (nSPS) is 16.0. The molecular weight excluding hydrogens is 216 g/mol. The lowest BCUT2D eigenvalue weighted by Crippen LogP contribution is -2.43. The topological polar surface area (TPSA) is 41.4 Å². The van der Waals surface area contributed by atoms with Crippen LogP contribution in [-0.4, -0.2) is 45.5 Å². The van der Waals surface area contributed by atoms with Gasteiger partial charge in [-0.15, -0.1) is 0 Å². The highest BCUT2D eigenvalue weighted by molar-refractivity contribution is 5.74. The zero-order valence-corrected chi connectivity index (χ0v) is 10.6. The summed E-state index contributed by atoms with van der Waals surface area (Å²) in [5.74, 6) is 0.915. The number of imidazole rings is 1. The Morgan fingerprint density at radius 3 is 2.71 bits per heavy atom. The summed E-state index contributed by atoms with van der Waals surface area (Å²) in [6, 6.07) is 0.118. The van der Waals surface area contributed by atoms with Crippen LogP contribution in [0.4, 0.5) is 4.79 Å². The molecule has 0 N–H and O–H groups in total.